The SMILES string of the molecule is Cc1ccc(C2=CCN(C(=O)NC3CCCCC3)CC2)o1. The third kappa shape index (κ3) is 3.49. The van der Waals surface area contributed by atoms with E-state index in [0.29, 0.717) is 12.6 Å². The van der Waals surface area contributed by atoms with Crippen molar-refractivity contribution in [1.82, 2.24) is 10.2 Å². The highest BCUT2D eigenvalue weighted by atomic mass is 16.3. The van der Waals surface area contributed by atoms with Crippen LogP contribution < -0.4 is 5.32 Å². The van der Waals surface area contributed by atoms with E-state index < -0.39 is 0 Å². The van der Waals surface area contributed by atoms with Crippen molar-refractivity contribution in [2.45, 2.75) is 51.5 Å². The minimum absolute atomic E-state index is 0.0906. The molecule has 1 aromatic rings. The van der Waals surface area contributed by atoms with Gasteiger partial charge in [-0.3, -0.25) is 0 Å². The molecule has 1 aliphatic heterocycles. The van der Waals surface area contributed by atoms with Crippen LogP contribution >= 0.6 is 0 Å². The Balaban J connectivity index is 1.54. The Hall–Kier alpha value is -1.71. The van der Waals surface area contributed by atoms with Crippen LogP contribution in [0.5, 0.6) is 0 Å². The fourth-order valence-corrected chi connectivity index (χ4v) is 3.20. The Kier molecular flexibility index (Phi) is 4.32. The van der Waals surface area contributed by atoms with Gasteiger partial charge in [0, 0.05) is 19.1 Å². The van der Waals surface area contributed by atoms with E-state index in [1.807, 2.05) is 24.0 Å². The second-order valence-electron chi connectivity index (χ2n) is 6.12. The van der Waals surface area contributed by atoms with Crippen LogP contribution in [0.3, 0.4) is 0 Å². The third-order valence-electron chi connectivity index (χ3n) is 4.49. The molecule has 2 heterocycles. The van der Waals surface area contributed by atoms with Gasteiger partial charge < -0.3 is 14.6 Å². The van der Waals surface area contributed by atoms with Gasteiger partial charge in [0.1, 0.15) is 11.5 Å². The molecule has 0 aromatic carbocycles. The van der Waals surface area contributed by atoms with Crippen molar-refractivity contribution in [1.29, 1.82) is 0 Å². The van der Waals surface area contributed by atoms with Crippen molar-refractivity contribution in [3.63, 3.8) is 0 Å². The normalized spacial score (nSPS) is 20.2. The molecule has 0 bridgehead atoms. The zero-order chi connectivity index (χ0) is 14.7. The van der Waals surface area contributed by atoms with E-state index in [0.717, 1.165) is 37.3 Å². The summed E-state index contributed by atoms with van der Waals surface area (Å²) in [6, 6.07) is 4.47. The minimum Gasteiger partial charge on any atom is -0.462 e. The molecule has 0 unspecified atom stereocenters. The van der Waals surface area contributed by atoms with E-state index in [1.165, 1.54) is 24.8 Å². The number of hydrogen-bond donors (Lipinski definition) is 1. The average Bonchev–Trinajstić information content (AvgIpc) is 2.95. The topological polar surface area (TPSA) is 45.5 Å². The molecular formula is C17H24N2O2. The highest BCUT2D eigenvalue weighted by Crippen LogP contribution is 2.24. The maximum absolute atomic E-state index is 12.3. The molecule has 1 aromatic heterocycles. The number of carbonyl (C=O) groups is 1. The lowest BCUT2D eigenvalue weighted by molar-refractivity contribution is 0.195. The number of hydrogen-bond acceptors (Lipinski definition) is 2. The standard InChI is InChI=1S/C17H24N2O2/c1-13-7-8-16(21-13)14-9-11-19(12-10-14)17(20)18-15-5-3-2-4-6-15/h7-9,15H,2-6,10-12H2,1H3,(H,18,20). The molecule has 1 fully saturated rings. The van der Waals surface area contributed by atoms with Gasteiger partial charge in [-0.2, -0.15) is 0 Å². The molecule has 1 aliphatic carbocycles. The van der Waals surface area contributed by atoms with E-state index in [-0.39, 0.29) is 6.03 Å². The van der Waals surface area contributed by atoms with Crippen molar-refractivity contribution >= 4 is 11.6 Å². The molecule has 0 saturated heterocycles. The second-order valence-corrected chi connectivity index (χ2v) is 6.12. The number of furan rings is 1. The number of aryl methyl sites for hydroxylation is 1. The fraction of sp³-hybridized carbons (Fsp3) is 0.588. The van der Waals surface area contributed by atoms with E-state index >= 15 is 0 Å². The first kappa shape index (κ1) is 14.2. The molecule has 0 spiro atoms. The summed E-state index contributed by atoms with van der Waals surface area (Å²) >= 11 is 0. The first-order chi connectivity index (χ1) is 10.2. The first-order valence-corrected chi connectivity index (χ1v) is 8.03. The van der Waals surface area contributed by atoms with Crippen molar-refractivity contribution in [3.05, 3.63) is 29.7 Å². The smallest absolute Gasteiger partial charge is 0.317 e. The number of rotatable bonds is 2. The maximum Gasteiger partial charge on any atom is 0.317 e. The lowest BCUT2D eigenvalue weighted by atomic mass is 9.96. The van der Waals surface area contributed by atoms with Crippen molar-refractivity contribution in [3.8, 4) is 0 Å². The number of carbonyl (C=O) groups excluding carboxylic acids is 1. The van der Waals surface area contributed by atoms with Crippen LogP contribution in [0.25, 0.3) is 5.57 Å². The van der Waals surface area contributed by atoms with Crippen molar-refractivity contribution in [2.75, 3.05) is 13.1 Å². The van der Waals surface area contributed by atoms with Crippen LogP contribution in [0.15, 0.2) is 22.6 Å². The van der Waals surface area contributed by atoms with Gasteiger partial charge in [0.05, 0.1) is 0 Å². The third-order valence-corrected chi connectivity index (χ3v) is 4.49. The van der Waals surface area contributed by atoms with Crippen LogP contribution in [0.4, 0.5) is 4.79 Å². The zero-order valence-corrected chi connectivity index (χ0v) is 12.7. The van der Waals surface area contributed by atoms with Crippen LogP contribution in [-0.4, -0.2) is 30.1 Å². The second kappa shape index (κ2) is 6.37. The molecule has 1 N–H and O–H groups in total. The Morgan fingerprint density at radius 3 is 2.71 bits per heavy atom. The van der Waals surface area contributed by atoms with Crippen molar-refractivity contribution < 1.29 is 9.21 Å². The highest BCUT2D eigenvalue weighted by molar-refractivity contribution is 5.76. The van der Waals surface area contributed by atoms with Crippen LogP contribution in [0.1, 0.15) is 50.0 Å². The molecule has 2 amide bonds. The van der Waals surface area contributed by atoms with Gasteiger partial charge in [-0.25, -0.2) is 4.79 Å². The Morgan fingerprint density at radius 2 is 2.10 bits per heavy atom. The molecule has 21 heavy (non-hydrogen) atoms. The maximum atomic E-state index is 12.3. The van der Waals surface area contributed by atoms with Gasteiger partial charge in [-0.15, -0.1) is 0 Å². The Labute approximate surface area is 126 Å². The minimum atomic E-state index is 0.0906. The number of amides is 2. The molecule has 0 atom stereocenters. The summed E-state index contributed by atoms with van der Waals surface area (Å²) in [4.78, 5) is 14.2. The summed E-state index contributed by atoms with van der Waals surface area (Å²) in [6.45, 7) is 3.40. The van der Waals surface area contributed by atoms with Crippen molar-refractivity contribution in [2.24, 2.45) is 0 Å². The predicted octanol–water partition coefficient (Wildman–Crippen LogP) is 3.72. The van der Waals surface area contributed by atoms with Gasteiger partial charge in [-0.05, 0) is 43.9 Å². The summed E-state index contributed by atoms with van der Waals surface area (Å²) < 4.78 is 5.65. The Bertz CT molecular complexity index is 527. The molecule has 2 aliphatic rings. The number of nitrogens with one attached hydrogen (secondary N) is 1. The quantitative estimate of drug-likeness (QED) is 0.901. The molecule has 4 heteroatoms. The van der Waals surface area contributed by atoms with Gasteiger partial charge >= 0.3 is 6.03 Å². The largest absolute Gasteiger partial charge is 0.462 e. The molecule has 114 valence electrons. The van der Waals surface area contributed by atoms with Crippen LogP contribution in [0.2, 0.25) is 0 Å². The predicted molar refractivity (Wildman–Crippen MR) is 83.0 cm³/mol. The number of urea groups is 1. The summed E-state index contributed by atoms with van der Waals surface area (Å²) in [5, 5.41) is 3.18. The number of nitrogens with zero attached hydrogens (tertiary/aromatic N) is 1. The Morgan fingerprint density at radius 1 is 1.29 bits per heavy atom. The van der Waals surface area contributed by atoms with Gasteiger partial charge in [0.15, 0.2) is 0 Å². The zero-order valence-electron chi connectivity index (χ0n) is 12.7. The summed E-state index contributed by atoms with van der Waals surface area (Å²) in [5.74, 6) is 1.88. The van der Waals surface area contributed by atoms with E-state index in [2.05, 4.69) is 11.4 Å². The summed E-state index contributed by atoms with van der Waals surface area (Å²) in [7, 11) is 0. The summed E-state index contributed by atoms with van der Waals surface area (Å²) in [5.41, 5.74) is 1.21. The highest BCUT2D eigenvalue weighted by Gasteiger charge is 2.22. The van der Waals surface area contributed by atoms with Crippen LogP contribution in [-0.2, 0) is 0 Å². The van der Waals surface area contributed by atoms with E-state index in [4.69, 9.17) is 4.42 Å². The molecule has 0 radical (unpaired) electrons. The molecule has 4 nitrogen and oxygen atoms in total. The lowest BCUT2D eigenvalue weighted by Crippen LogP contribution is -2.46. The monoisotopic (exact) mass is 288 g/mol. The molecule has 1 saturated carbocycles. The molecular weight excluding hydrogens is 264 g/mol. The summed E-state index contributed by atoms with van der Waals surface area (Å²) in [6.07, 6.45) is 9.04. The van der Waals surface area contributed by atoms with E-state index in [9.17, 15) is 4.79 Å². The first-order valence-electron chi connectivity index (χ1n) is 8.03. The van der Waals surface area contributed by atoms with Gasteiger partial charge in [0.25, 0.3) is 0 Å². The van der Waals surface area contributed by atoms with Crippen LogP contribution in [0, 0.1) is 6.92 Å². The fourth-order valence-electron chi connectivity index (χ4n) is 3.20. The lowest BCUT2D eigenvalue weighted by Gasteiger charge is -2.30. The van der Waals surface area contributed by atoms with Gasteiger partial charge in [-0.1, -0.05) is 25.3 Å². The van der Waals surface area contributed by atoms with E-state index in [1.54, 1.807) is 0 Å². The average molecular weight is 288 g/mol. The van der Waals surface area contributed by atoms with Gasteiger partial charge in [0.2, 0.25) is 0 Å². The molecule has 3 rings (SSSR count).